The summed E-state index contributed by atoms with van der Waals surface area (Å²) in [6.07, 6.45) is 0.474. The number of benzene rings is 1. The smallest absolute Gasteiger partial charge is 0.224 e. The molecule has 0 atom stereocenters. The van der Waals surface area contributed by atoms with Gasteiger partial charge < -0.3 is 5.32 Å². The Hall–Kier alpha value is -0.960. The zero-order valence-corrected chi connectivity index (χ0v) is 13.5. The summed E-state index contributed by atoms with van der Waals surface area (Å²) < 4.78 is 0.263. The Morgan fingerprint density at radius 2 is 1.89 bits per heavy atom. The molecule has 0 aromatic heterocycles. The Labute approximate surface area is 121 Å². The van der Waals surface area contributed by atoms with Crippen LogP contribution in [0.2, 0.25) is 0 Å². The third-order valence-corrected chi connectivity index (χ3v) is 4.17. The zero-order valence-electron chi connectivity index (χ0n) is 12.7. The van der Waals surface area contributed by atoms with Crippen molar-refractivity contribution in [3.05, 3.63) is 34.9 Å². The van der Waals surface area contributed by atoms with Crippen LogP contribution in [0.5, 0.6) is 0 Å². The van der Waals surface area contributed by atoms with Crippen LogP contribution < -0.4 is 5.32 Å². The van der Waals surface area contributed by atoms with Crippen molar-refractivity contribution in [3.8, 4) is 0 Å². The normalized spacial score (nSPS) is 11.4. The first-order valence-electron chi connectivity index (χ1n) is 6.75. The Kier molecular flexibility index (Phi) is 5.92. The van der Waals surface area contributed by atoms with E-state index in [2.05, 4.69) is 52.1 Å². The monoisotopic (exact) mass is 279 g/mol. The summed E-state index contributed by atoms with van der Waals surface area (Å²) in [6, 6.07) is 6.21. The summed E-state index contributed by atoms with van der Waals surface area (Å²) in [5.41, 5.74) is 3.60. The van der Waals surface area contributed by atoms with Gasteiger partial charge in [0.25, 0.3) is 0 Å². The van der Waals surface area contributed by atoms with Crippen LogP contribution in [0.3, 0.4) is 0 Å². The molecule has 3 heteroatoms. The lowest BCUT2D eigenvalue weighted by Crippen LogP contribution is -2.28. The molecule has 106 valence electrons. The lowest BCUT2D eigenvalue weighted by Gasteiger charge is -2.17. The molecule has 0 aliphatic rings. The van der Waals surface area contributed by atoms with Crippen LogP contribution >= 0.6 is 11.8 Å². The molecule has 0 fully saturated rings. The van der Waals surface area contributed by atoms with Gasteiger partial charge in [-0.1, -0.05) is 39.0 Å². The number of carbonyl (C=O) groups excluding carboxylic acids is 1. The molecule has 0 aliphatic carbocycles. The van der Waals surface area contributed by atoms with E-state index in [9.17, 15) is 4.79 Å². The lowest BCUT2D eigenvalue weighted by molar-refractivity contribution is -0.120. The van der Waals surface area contributed by atoms with Crippen LogP contribution in [0.15, 0.2) is 18.2 Å². The SMILES string of the molecule is Cc1ccc(CC(=O)NCCSC(C)(C)C)cc1C. The van der Waals surface area contributed by atoms with Gasteiger partial charge in [-0.25, -0.2) is 0 Å². The topological polar surface area (TPSA) is 29.1 Å². The molecule has 0 spiro atoms. The molecule has 0 radical (unpaired) electrons. The molecule has 1 N–H and O–H groups in total. The molecule has 0 aliphatic heterocycles. The fourth-order valence-corrected chi connectivity index (χ4v) is 2.53. The molecular weight excluding hydrogens is 254 g/mol. The second-order valence-electron chi connectivity index (χ2n) is 5.91. The summed E-state index contributed by atoms with van der Waals surface area (Å²) in [7, 11) is 0. The van der Waals surface area contributed by atoms with Crippen LogP contribution in [0.4, 0.5) is 0 Å². The van der Waals surface area contributed by atoms with Crippen LogP contribution in [-0.4, -0.2) is 23.0 Å². The minimum absolute atomic E-state index is 0.109. The van der Waals surface area contributed by atoms with Gasteiger partial charge in [-0.05, 0) is 30.5 Å². The van der Waals surface area contributed by atoms with Crippen LogP contribution in [-0.2, 0) is 11.2 Å². The van der Waals surface area contributed by atoms with Gasteiger partial charge in [-0.3, -0.25) is 4.79 Å². The maximum atomic E-state index is 11.8. The summed E-state index contributed by atoms with van der Waals surface area (Å²) in [6.45, 7) is 11.5. The molecule has 1 rings (SSSR count). The Bertz CT molecular complexity index is 435. The van der Waals surface area contributed by atoms with E-state index < -0.39 is 0 Å². The minimum Gasteiger partial charge on any atom is -0.355 e. The van der Waals surface area contributed by atoms with Gasteiger partial charge >= 0.3 is 0 Å². The Morgan fingerprint density at radius 1 is 1.21 bits per heavy atom. The third kappa shape index (κ3) is 6.67. The highest BCUT2D eigenvalue weighted by Gasteiger charge is 2.10. The van der Waals surface area contributed by atoms with E-state index >= 15 is 0 Å². The van der Waals surface area contributed by atoms with E-state index in [0.29, 0.717) is 6.42 Å². The maximum Gasteiger partial charge on any atom is 0.224 e. The first-order valence-corrected chi connectivity index (χ1v) is 7.73. The number of hydrogen-bond acceptors (Lipinski definition) is 2. The summed E-state index contributed by atoms with van der Waals surface area (Å²) in [5.74, 6) is 1.07. The Balaban J connectivity index is 2.33. The predicted octanol–water partition coefficient (Wildman–Crippen LogP) is 3.49. The van der Waals surface area contributed by atoms with Crippen molar-refractivity contribution >= 4 is 17.7 Å². The van der Waals surface area contributed by atoms with Crippen LogP contribution in [0, 0.1) is 13.8 Å². The van der Waals surface area contributed by atoms with Crippen molar-refractivity contribution < 1.29 is 4.79 Å². The maximum absolute atomic E-state index is 11.8. The molecule has 0 bridgehead atoms. The molecule has 1 aromatic carbocycles. The van der Waals surface area contributed by atoms with E-state index in [4.69, 9.17) is 0 Å². The quantitative estimate of drug-likeness (QED) is 0.836. The van der Waals surface area contributed by atoms with Crippen LogP contribution in [0.1, 0.15) is 37.5 Å². The average molecular weight is 279 g/mol. The first-order chi connectivity index (χ1) is 8.78. The second-order valence-corrected chi connectivity index (χ2v) is 7.83. The Morgan fingerprint density at radius 3 is 2.47 bits per heavy atom. The fourth-order valence-electron chi connectivity index (χ4n) is 1.71. The second kappa shape index (κ2) is 6.99. The van der Waals surface area contributed by atoms with E-state index in [1.807, 2.05) is 17.8 Å². The largest absolute Gasteiger partial charge is 0.355 e. The molecule has 19 heavy (non-hydrogen) atoms. The van der Waals surface area contributed by atoms with Gasteiger partial charge in [0.15, 0.2) is 0 Å². The van der Waals surface area contributed by atoms with E-state index in [1.165, 1.54) is 11.1 Å². The summed E-state index contributed by atoms with van der Waals surface area (Å²) in [5, 5.41) is 2.98. The van der Waals surface area contributed by atoms with Gasteiger partial charge in [0.05, 0.1) is 6.42 Å². The summed E-state index contributed by atoms with van der Waals surface area (Å²) >= 11 is 1.87. The zero-order chi connectivity index (χ0) is 14.5. The molecule has 0 saturated carbocycles. The van der Waals surface area contributed by atoms with Crippen molar-refractivity contribution in [1.82, 2.24) is 5.32 Å². The van der Waals surface area contributed by atoms with Crippen molar-refractivity contribution in [2.75, 3.05) is 12.3 Å². The molecule has 0 heterocycles. The molecule has 0 saturated heterocycles. The van der Waals surface area contributed by atoms with Crippen molar-refractivity contribution in [2.45, 2.75) is 45.8 Å². The van der Waals surface area contributed by atoms with E-state index in [-0.39, 0.29) is 10.7 Å². The van der Waals surface area contributed by atoms with Crippen molar-refractivity contribution in [1.29, 1.82) is 0 Å². The van der Waals surface area contributed by atoms with E-state index in [0.717, 1.165) is 17.9 Å². The molecular formula is C16H25NOS. The standard InChI is InChI=1S/C16H25NOS/c1-12-6-7-14(10-13(12)2)11-15(18)17-8-9-19-16(3,4)5/h6-7,10H,8-9,11H2,1-5H3,(H,17,18). The highest BCUT2D eigenvalue weighted by Crippen LogP contribution is 2.22. The number of thioether (sulfide) groups is 1. The predicted molar refractivity (Wildman–Crippen MR) is 84.8 cm³/mol. The number of amides is 1. The number of aryl methyl sites for hydroxylation is 2. The number of nitrogens with one attached hydrogen (secondary N) is 1. The van der Waals surface area contributed by atoms with Gasteiger partial charge in [0.2, 0.25) is 5.91 Å². The molecule has 0 unspecified atom stereocenters. The highest BCUT2D eigenvalue weighted by molar-refractivity contribution is 8.00. The fraction of sp³-hybridized carbons (Fsp3) is 0.562. The third-order valence-electron chi connectivity index (χ3n) is 2.90. The molecule has 2 nitrogen and oxygen atoms in total. The number of rotatable bonds is 5. The first kappa shape index (κ1) is 16.1. The summed E-state index contributed by atoms with van der Waals surface area (Å²) in [4.78, 5) is 11.8. The molecule has 1 aromatic rings. The van der Waals surface area contributed by atoms with Gasteiger partial charge in [-0.2, -0.15) is 11.8 Å². The van der Waals surface area contributed by atoms with Crippen molar-refractivity contribution in [2.24, 2.45) is 0 Å². The van der Waals surface area contributed by atoms with E-state index in [1.54, 1.807) is 0 Å². The lowest BCUT2D eigenvalue weighted by atomic mass is 10.0. The number of carbonyl (C=O) groups is 1. The highest BCUT2D eigenvalue weighted by atomic mass is 32.2. The van der Waals surface area contributed by atoms with Gasteiger partial charge in [0.1, 0.15) is 0 Å². The number of hydrogen-bond donors (Lipinski definition) is 1. The molecule has 1 amide bonds. The van der Waals surface area contributed by atoms with Crippen LogP contribution in [0.25, 0.3) is 0 Å². The van der Waals surface area contributed by atoms with Gasteiger partial charge in [-0.15, -0.1) is 0 Å². The van der Waals surface area contributed by atoms with Gasteiger partial charge in [0, 0.05) is 17.0 Å². The average Bonchev–Trinajstić information content (AvgIpc) is 2.28. The van der Waals surface area contributed by atoms with Crippen molar-refractivity contribution in [3.63, 3.8) is 0 Å². The minimum atomic E-state index is 0.109.